The van der Waals surface area contributed by atoms with Crippen molar-refractivity contribution in [1.29, 1.82) is 0 Å². The lowest BCUT2D eigenvalue weighted by atomic mass is 10.2. The van der Waals surface area contributed by atoms with Crippen molar-refractivity contribution in [3.05, 3.63) is 59.7 Å². The second-order valence-corrected chi connectivity index (χ2v) is 7.25. The Bertz CT molecular complexity index is 885. The molecule has 0 unspecified atom stereocenters. The number of sulfonamides is 1. The molecule has 0 aliphatic rings. The van der Waals surface area contributed by atoms with E-state index in [1.807, 2.05) is 0 Å². The molecule has 2 aromatic carbocycles. The van der Waals surface area contributed by atoms with E-state index in [2.05, 4.69) is 4.72 Å². The van der Waals surface area contributed by atoms with Gasteiger partial charge in [-0.1, -0.05) is 12.1 Å². The van der Waals surface area contributed by atoms with Crippen LogP contribution in [0.2, 0.25) is 0 Å². The van der Waals surface area contributed by atoms with E-state index in [-0.39, 0.29) is 23.7 Å². The third kappa shape index (κ3) is 4.83. The summed E-state index contributed by atoms with van der Waals surface area (Å²) < 4.78 is 53.3. The summed E-state index contributed by atoms with van der Waals surface area (Å²) in [7, 11) is -3.72. The van der Waals surface area contributed by atoms with E-state index in [4.69, 9.17) is 0 Å². The van der Waals surface area contributed by atoms with E-state index >= 15 is 0 Å². The first-order valence-electron chi connectivity index (χ1n) is 7.50. The second-order valence-electron chi connectivity index (χ2n) is 5.48. The molecule has 0 spiro atoms. The van der Waals surface area contributed by atoms with Gasteiger partial charge >= 0.3 is 0 Å². The van der Waals surface area contributed by atoms with Crippen LogP contribution in [0, 0.1) is 18.6 Å². The maximum absolute atomic E-state index is 13.3. The fourth-order valence-corrected chi connectivity index (χ4v) is 3.40. The molecule has 0 radical (unpaired) electrons. The average Bonchev–Trinajstić information content (AvgIpc) is 2.54. The Labute approximate surface area is 145 Å². The van der Waals surface area contributed by atoms with Crippen molar-refractivity contribution in [2.45, 2.75) is 18.7 Å². The lowest BCUT2D eigenvalue weighted by Gasteiger charge is -2.21. The van der Waals surface area contributed by atoms with Gasteiger partial charge in [0.2, 0.25) is 15.9 Å². The number of aryl methyl sites for hydroxylation is 1. The minimum Gasteiger partial charge on any atom is -0.311 e. The van der Waals surface area contributed by atoms with Gasteiger partial charge in [0.1, 0.15) is 0 Å². The highest BCUT2D eigenvalue weighted by molar-refractivity contribution is 7.89. The Morgan fingerprint density at radius 1 is 1.12 bits per heavy atom. The van der Waals surface area contributed by atoms with Crippen LogP contribution in [-0.4, -0.2) is 27.4 Å². The molecule has 2 aromatic rings. The summed E-state index contributed by atoms with van der Waals surface area (Å²) in [5.41, 5.74) is 0.955. The number of halogens is 2. The zero-order valence-corrected chi connectivity index (χ0v) is 14.6. The van der Waals surface area contributed by atoms with Gasteiger partial charge in [0.25, 0.3) is 0 Å². The zero-order valence-electron chi connectivity index (χ0n) is 13.8. The number of hydrogen-bond acceptors (Lipinski definition) is 3. The highest BCUT2D eigenvalue weighted by atomic mass is 32.2. The molecule has 8 heteroatoms. The van der Waals surface area contributed by atoms with E-state index < -0.39 is 27.6 Å². The molecule has 0 aromatic heterocycles. The van der Waals surface area contributed by atoms with Crippen LogP contribution in [0.1, 0.15) is 12.5 Å². The first kappa shape index (κ1) is 19.0. The Morgan fingerprint density at radius 3 is 2.44 bits per heavy atom. The van der Waals surface area contributed by atoms with Gasteiger partial charge in [-0.2, -0.15) is 0 Å². The smallest absolute Gasteiger partial charge is 0.240 e. The Morgan fingerprint density at radius 2 is 1.84 bits per heavy atom. The number of hydrogen-bond donors (Lipinski definition) is 1. The highest BCUT2D eigenvalue weighted by Crippen LogP contribution is 2.18. The van der Waals surface area contributed by atoms with Crippen molar-refractivity contribution in [2.75, 3.05) is 18.0 Å². The van der Waals surface area contributed by atoms with Crippen molar-refractivity contribution in [3.8, 4) is 0 Å². The lowest BCUT2D eigenvalue weighted by Crippen LogP contribution is -2.37. The quantitative estimate of drug-likeness (QED) is 0.852. The van der Waals surface area contributed by atoms with Gasteiger partial charge in [0.15, 0.2) is 11.6 Å². The number of nitrogens with zero attached hydrogens (tertiary/aromatic N) is 1. The predicted molar refractivity (Wildman–Crippen MR) is 90.8 cm³/mol. The minimum atomic E-state index is -3.72. The molecule has 2 rings (SSSR count). The second kappa shape index (κ2) is 7.71. The molecule has 1 N–H and O–H groups in total. The van der Waals surface area contributed by atoms with Crippen molar-refractivity contribution >= 4 is 21.6 Å². The summed E-state index contributed by atoms with van der Waals surface area (Å²) in [6.07, 6.45) is 0. The maximum atomic E-state index is 13.3. The summed E-state index contributed by atoms with van der Waals surface area (Å²) in [6.45, 7) is 2.94. The first-order valence-corrected chi connectivity index (χ1v) is 8.98. The lowest BCUT2D eigenvalue weighted by molar-refractivity contribution is -0.116. The molecule has 0 fully saturated rings. The summed E-state index contributed by atoms with van der Waals surface area (Å²) >= 11 is 0. The minimum absolute atomic E-state index is 0.0224. The van der Waals surface area contributed by atoms with Crippen molar-refractivity contribution in [2.24, 2.45) is 0 Å². The predicted octanol–water partition coefficient (Wildman–Crippen LogP) is 2.60. The van der Waals surface area contributed by atoms with Crippen LogP contribution in [0.3, 0.4) is 0 Å². The number of nitrogens with one attached hydrogen (secondary N) is 1. The van der Waals surface area contributed by atoms with E-state index in [9.17, 15) is 22.0 Å². The normalized spacial score (nSPS) is 11.4. The van der Waals surface area contributed by atoms with Gasteiger partial charge in [-0.25, -0.2) is 21.9 Å². The Kier molecular flexibility index (Phi) is 5.86. The molecular weight excluding hydrogens is 350 g/mol. The van der Waals surface area contributed by atoms with E-state index in [1.165, 1.54) is 30.0 Å². The topological polar surface area (TPSA) is 66.5 Å². The van der Waals surface area contributed by atoms with Crippen LogP contribution in [0.4, 0.5) is 14.5 Å². The monoisotopic (exact) mass is 368 g/mol. The fraction of sp³-hybridized carbons (Fsp3) is 0.235. The van der Waals surface area contributed by atoms with Crippen LogP contribution in [-0.2, 0) is 14.8 Å². The fourth-order valence-electron chi connectivity index (χ4n) is 2.28. The molecule has 5 nitrogen and oxygen atoms in total. The van der Waals surface area contributed by atoms with Crippen molar-refractivity contribution < 1.29 is 22.0 Å². The molecule has 0 saturated carbocycles. The zero-order chi connectivity index (χ0) is 18.6. The largest absolute Gasteiger partial charge is 0.311 e. The third-order valence-corrected chi connectivity index (χ3v) is 4.98. The highest BCUT2D eigenvalue weighted by Gasteiger charge is 2.17. The van der Waals surface area contributed by atoms with E-state index in [0.717, 1.165) is 17.7 Å². The average molecular weight is 368 g/mol. The van der Waals surface area contributed by atoms with E-state index in [0.29, 0.717) is 0 Å². The number of carbonyl (C=O) groups excluding carboxylic acids is 1. The van der Waals surface area contributed by atoms with Crippen LogP contribution in [0.5, 0.6) is 0 Å². The molecular formula is C17H18F2N2O3S. The van der Waals surface area contributed by atoms with Gasteiger partial charge < -0.3 is 4.90 Å². The number of amides is 1. The van der Waals surface area contributed by atoms with Gasteiger partial charge in [0.05, 0.1) is 4.90 Å². The number of rotatable bonds is 6. The SMILES string of the molecule is CC(=O)N(CCNS(=O)(=O)c1cccc(C)c1)c1ccc(F)c(F)c1. The summed E-state index contributed by atoms with van der Waals surface area (Å²) in [6, 6.07) is 9.47. The Hall–Kier alpha value is -2.32. The third-order valence-electron chi connectivity index (χ3n) is 3.52. The standard InChI is InChI=1S/C17H18F2N2O3S/c1-12-4-3-5-15(10-12)25(23,24)20-8-9-21(13(2)22)14-6-7-16(18)17(19)11-14/h3-7,10-11,20H,8-9H2,1-2H3. The summed E-state index contributed by atoms with van der Waals surface area (Å²) in [4.78, 5) is 13.0. The molecule has 25 heavy (non-hydrogen) atoms. The number of anilines is 1. The maximum Gasteiger partial charge on any atom is 0.240 e. The van der Waals surface area contributed by atoms with Crippen LogP contribution < -0.4 is 9.62 Å². The van der Waals surface area contributed by atoms with Crippen LogP contribution >= 0.6 is 0 Å². The summed E-state index contributed by atoms with van der Waals surface area (Å²) in [5.74, 6) is -2.52. The molecule has 134 valence electrons. The Balaban J connectivity index is 2.09. The first-order chi connectivity index (χ1) is 11.7. The van der Waals surface area contributed by atoms with Crippen molar-refractivity contribution in [3.63, 3.8) is 0 Å². The van der Waals surface area contributed by atoms with E-state index in [1.54, 1.807) is 19.1 Å². The molecule has 0 atom stereocenters. The van der Waals surface area contributed by atoms with Gasteiger partial charge in [0, 0.05) is 31.8 Å². The molecule has 1 amide bonds. The molecule has 0 aliphatic heterocycles. The van der Waals surface area contributed by atoms with Gasteiger partial charge in [-0.3, -0.25) is 4.79 Å². The van der Waals surface area contributed by atoms with Gasteiger partial charge in [-0.05, 0) is 36.8 Å². The van der Waals surface area contributed by atoms with Gasteiger partial charge in [-0.15, -0.1) is 0 Å². The number of carbonyl (C=O) groups is 1. The van der Waals surface area contributed by atoms with Crippen LogP contribution in [0.25, 0.3) is 0 Å². The summed E-state index contributed by atoms with van der Waals surface area (Å²) in [5, 5.41) is 0. The van der Waals surface area contributed by atoms with Crippen molar-refractivity contribution in [1.82, 2.24) is 4.72 Å². The van der Waals surface area contributed by atoms with Crippen LogP contribution in [0.15, 0.2) is 47.4 Å². The molecule has 0 bridgehead atoms. The molecule has 0 saturated heterocycles. The molecule has 0 aliphatic carbocycles. The number of benzene rings is 2. The molecule has 0 heterocycles.